The minimum atomic E-state index is -3.50. The average Bonchev–Trinajstić information content (AvgIpc) is 2.99. The number of nitrogen functional groups attached to an aromatic ring is 1. The number of rotatable bonds is 3. The van der Waals surface area contributed by atoms with E-state index in [2.05, 4.69) is 4.98 Å². The largest absolute Gasteiger partial charge is 0.399 e. The fraction of sp³-hybridized carbons (Fsp3) is 0.267. The van der Waals surface area contributed by atoms with Gasteiger partial charge in [0, 0.05) is 24.6 Å². The standard InChI is InChI=1S/C15H17N3O2S/c16-13-5-7-14(8-6-13)21(19,20)18-10-2-4-15(18)12-3-1-9-17-11-12/h1,3,5-9,11,15H,2,4,10,16H2. The van der Waals surface area contributed by atoms with Crippen molar-refractivity contribution in [3.8, 4) is 0 Å². The summed E-state index contributed by atoms with van der Waals surface area (Å²) in [6.07, 6.45) is 5.10. The molecule has 6 heteroatoms. The fourth-order valence-electron chi connectivity index (χ4n) is 2.71. The Morgan fingerprint density at radius 1 is 1.19 bits per heavy atom. The molecule has 21 heavy (non-hydrogen) atoms. The Bertz CT molecular complexity index is 714. The van der Waals surface area contributed by atoms with E-state index in [1.807, 2.05) is 12.1 Å². The van der Waals surface area contributed by atoms with Crippen molar-refractivity contribution in [2.75, 3.05) is 12.3 Å². The molecule has 0 aliphatic carbocycles. The highest BCUT2D eigenvalue weighted by Gasteiger charge is 2.36. The van der Waals surface area contributed by atoms with Crippen molar-refractivity contribution in [3.63, 3.8) is 0 Å². The Hall–Kier alpha value is -1.92. The van der Waals surface area contributed by atoms with E-state index >= 15 is 0 Å². The van der Waals surface area contributed by atoms with Crippen LogP contribution >= 0.6 is 0 Å². The maximum atomic E-state index is 12.8. The highest BCUT2D eigenvalue weighted by atomic mass is 32.2. The fourth-order valence-corrected chi connectivity index (χ4v) is 4.39. The van der Waals surface area contributed by atoms with Gasteiger partial charge in [-0.05, 0) is 48.7 Å². The van der Waals surface area contributed by atoms with Crippen LogP contribution in [-0.2, 0) is 10.0 Å². The first kappa shape index (κ1) is 14.0. The summed E-state index contributed by atoms with van der Waals surface area (Å²) in [6.45, 7) is 0.534. The van der Waals surface area contributed by atoms with Crippen molar-refractivity contribution in [2.24, 2.45) is 0 Å². The third-order valence-electron chi connectivity index (χ3n) is 3.76. The second-order valence-corrected chi connectivity index (χ2v) is 7.02. The van der Waals surface area contributed by atoms with E-state index in [0.717, 1.165) is 18.4 Å². The minimum absolute atomic E-state index is 0.138. The molecule has 0 bridgehead atoms. The molecular formula is C15H17N3O2S. The van der Waals surface area contributed by atoms with Crippen LogP contribution in [0.3, 0.4) is 0 Å². The molecule has 110 valence electrons. The number of hydrogen-bond acceptors (Lipinski definition) is 4. The zero-order valence-corrected chi connectivity index (χ0v) is 12.3. The van der Waals surface area contributed by atoms with Crippen LogP contribution in [0.25, 0.3) is 0 Å². The lowest BCUT2D eigenvalue weighted by Gasteiger charge is -2.24. The van der Waals surface area contributed by atoms with Crippen molar-refractivity contribution < 1.29 is 8.42 Å². The molecule has 2 N–H and O–H groups in total. The third-order valence-corrected chi connectivity index (χ3v) is 5.68. The summed E-state index contributed by atoms with van der Waals surface area (Å²) in [5.41, 5.74) is 7.12. The molecule has 0 amide bonds. The molecule has 2 heterocycles. The number of hydrogen-bond donors (Lipinski definition) is 1. The predicted molar refractivity (Wildman–Crippen MR) is 81.0 cm³/mol. The molecule has 1 saturated heterocycles. The van der Waals surface area contributed by atoms with E-state index < -0.39 is 10.0 Å². The van der Waals surface area contributed by atoms with Crippen LogP contribution in [0.5, 0.6) is 0 Å². The SMILES string of the molecule is Nc1ccc(S(=O)(=O)N2CCCC2c2cccnc2)cc1. The Morgan fingerprint density at radius 3 is 2.62 bits per heavy atom. The van der Waals surface area contributed by atoms with Gasteiger partial charge in [0.15, 0.2) is 0 Å². The number of benzene rings is 1. The number of anilines is 1. The molecule has 1 aliphatic rings. The molecule has 3 rings (SSSR count). The van der Waals surface area contributed by atoms with Crippen LogP contribution < -0.4 is 5.73 Å². The second-order valence-electron chi connectivity index (χ2n) is 5.13. The number of nitrogens with two attached hydrogens (primary N) is 1. The van der Waals surface area contributed by atoms with Gasteiger partial charge in [-0.1, -0.05) is 6.07 Å². The van der Waals surface area contributed by atoms with Crippen molar-refractivity contribution in [1.29, 1.82) is 0 Å². The molecular weight excluding hydrogens is 286 g/mol. The van der Waals surface area contributed by atoms with E-state index in [0.29, 0.717) is 12.2 Å². The first-order chi connectivity index (χ1) is 10.1. The average molecular weight is 303 g/mol. The van der Waals surface area contributed by atoms with Gasteiger partial charge in [0.05, 0.1) is 10.9 Å². The summed E-state index contributed by atoms with van der Waals surface area (Å²) in [6, 6.07) is 9.97. The Balaban J connectivity index is 1.96. The minimum Gasteiger partial charge on any atom is -0.399 e. The topological polar surface area (TPSA) is 76.3 Å². The monoisotopic (exact) mass is 303 g/mol. The van der Waals surface area contributed by atoms with E-state index in [1.54, 1.807) is 41.0 Å². The molecule has 0 spiro atoms. The normalized spacial score (nSPS) is 19.7. The molecule has 1 unspecified atom stereocenters. The van der Waals surface area contributed by atoms with Gasteiger partial charge in [0.25, 0.3) is 0 Å². The third kappa shape index (κ3) is 2.64. The molecule has 1 aliphatic heterocycles. The van der Waals surface area contributed by atoms with Gasteiger partial charge in [-0.15, -0.1) is 0 Å². The Morgan fingerprint density at radius 2 is 1.95 bits per heavy atom. The summed E-state index contributed by atoms with van der Waals surface area (Å²) in [4.78, 5) is 4.38. The van der Waals surface area contributed by atoms with Gasteiger partial charge in [0.2, 0.25) is 10.0 Å². The van der Waals surface area contributed by atoms with Crippen LogP contribution in [0.15, 0.2) is 53.7 Å². The summed E-state index contributed by atoms with van der Waals surface area (Å²) < 4.78 is 27.2. The van der Waals surface area contributed by atoms with Gasteiger partial charge < -0.3 is 5.73 Å². The van der Waals surface area contributed by atoms with Gasteiger partial charge >= 0.3 is 0 Å². The lowest BCUT2D eigenvalue weighted by molar-refractivity contribution is 0.396. The number of aromatic nitrogens is 1. The first-order valence-electron chi connectivity index (χ1n) is 6.86. The predicted octanol–water partition coefficient (Wildman–Crippen LogP) is 2.19. The highest BCUT2D eigenvalue weighted by molar-refractivity contribution is 7.89. The van der Waals surface area contributed by atoms with Crippen LogP contribution in [0.2, 0.25) is 0 Å². The first-order valence-corrected chi connectivity index (χ1v) is 8.30. The molecule has 5 nitrogen and oxygen atoms in total. The molecule has 0 radical (unpaired) electrons. The zero-order valence-electron chi connectivity index (χ0n) is 11.5. The van der Waals surface area contributed by atoms with Crippen LogP contribution in [0.1, 0.15) is 24.4 Å². The van der Waals surface area contributed by atoms with Gasteiger partial charge in [-0.3, -0.25) is 4.98 Å². The maximum absolute atomic E-state index is 12.8. The Labute approximate surface area is 124 Å². The quantitative estimate of drug-likeness (QED) is 0.882. The highest BCUT2D eigenvalue weighted by Crippen LogP contribution is 2.36. The lowest BCUT2D eigenvalue weighted by atomic mass is 10.1. The van der Waals surface area contributed by atoms with Crippen molar-refractivity contribution in [3.05, 3.63) is 54.4 Å². The lowest BCUT2D eigenvalue weighted by Crippen LogP contribution is -2.30. The molecule has 0 saturated carbocycles. The number of nitrogens with zero attached hydrogens (tertiary/aromatic N) is 2. The van der Waals surface area contributed by atoms with Crippen molar-refractivity contribution in [1.82, 2.24) is 9.29 Å². The van der Waals surface area contributed by atoms with Crippen LogP contribution in [0.4, 0.5) is 5.69 Å². The van der Waals surface area contributed by atoms with E-state index in [9.17, 15) is 8.42 Å². The molecule has 1 aromatic carbocycles. The smallest absolute Gasteiger partial charge is 0.243 e. The van der Waals surface area contributed by atoms with Gasteiger partial charge in [0.1, 0.15) is 0 Å². The molecule has 2 aromatic rings. The molecule has 1 aromatic heterocycles. The number of sulfonamides is 1. The van der Waals surface area contributed by atoms with Gasteiger partial charge in [-0.25, -0.2) is 8.42 Å². The van der Waals surface area contributed by atoms with Crippen LogP contribution in [-0.4, -0.2) is 24.3 Å². The van der Waals surface area contributed by atoms with Crippen LogP contribution in [0, 0.1) is 0 Å². The summed E-state index contributed by atoms with van der Waals surface area (Å²) in [5, 5.41) is 0. The van der Waals surface area contributed by atoms with Crippen molar-refractivity contribution in [2.45, 2.75) is 23.8 Å². The van der Waals surface area contributed by atoms with E-state index in [-0.39, 0.29) is 10.9 Å². The maximum Gasteiger partial charge on any atom is 0.243 e. The summed E-state index contributed by atoms with van der Waals surface area (Å²) in [5.74, 6) is 0. The molecule has 1 atom stereocenters. The van der Waals surface area contributed by atoms with Gasteiger partial charge in [-0.2, -0.15) is 4.31 Å². The number of pyridine rings is 1. The molecule has 1 fully saturated rings. The second kappa shape index (κ2) is 5.46. The summed E-state index contributed by atoms with van der Waals surface area (Å²) >= 11 is 0. The Kier molecular flexibility index (Phi) is 3.65. The van der Waals surface area contributed by atoms with E-state index in [1.165, 1.54) is 0 Å². The van der Waals surface area contributed by atoms with E-state index in [4.69, 9.17) is 5.73 Å². The summed E-state index contributed by atoms with van der Waals surface area (Å²) in [7, 11) is -3.50. The van der Waals surface area contributed by atoms with Crippen molar-refractivity contribution >= 4 is 15.7 Å². The zero-order chi connectivity index (χ0) is 14.9.